The smallest absolute Gasteiger partial charge is 0.377 e. The van der Waals surface area contributed by atoms with Crippen LogP contribution < -0.4 is 0 Å². The van der Waals surface area contributed by atoms with Gasteiger partial charge >= 0.3 is 17.6 Å². The zero-order chi connectivity index (χ0) is 20.3. The van der Waals surface area contributed by atoms with E-state index in [1.807, 2.05) is 0 Å². The van der Waals surface area contributed by atoms with E-state index in [2.05, 4.69) is 20.8 Å². The van der Waals surface area contributed by atoms with E-state index in [9.17, 15) is 0 Å². The van der Waals surface area contributed by atoms with Gasteiger partial charge in [-0.25, -0.2) is 0 Å². The lowest BCUT2D eigenvalue weighted by Crippen LogP contribution is -2.43. The van der Waals surface area contributed by atoms with Crippen LogP contribution in [0.4, 0.5) is 0 Å². The molecule has 0 aliphatic carbocycles. The van der Waals surface area contributed by atoms with Crippen molar-refractivity contribution in [1.29, 1.82) is 0 Å². The molecule has 0 radical (unpaired) electrons. The average molecular weight is 411 g/mol. The van der Waals surface area contributed by atoms with E-state index in [1.54, 1.807) is 42.7 Å². The topological polar surface area (TPSA) is 55.4 Å². The first kappa shape index (κ1) is 26.2. The molecule has 0 aromatic rings. The predicted molar refractivity (Wildman–Crippen MR) is 109 cm³/mol. The minimum atomic E-state index is -2.50. The van der Waals surface area contributed by atoms with Gasteiger partial charge in [0.2, 0.25) is 0 Å². The Balaban J connectivity index is 4.66. The normalized spacial score (nSPS) is 14.7. The summed E-state index contributed by atoms with van der Waals surface area (Å²) >= 11 is 0. The van der Waals surface area contributed by atoms with E-state index in [4.69, 9.17) is 26.6 Å². The number of hydrogen-bond donors (Lipinski definition) is 0. The summed E-state index contributed by atoms with van der Waals surface area (Å²) in [5.41, 5.74) is 0.298. The molecule has 1 atom stereocenters. The van der Waals surface area contributed by atoms with Crippen LogP contribution in [0.3, 0.4) is 0 Å². The molecule has 0 saturated heterocycles. The zero-order valence-electron chi connectivity index (χ0n) is 18.5. The van der Waals surface area contributed by atoms with Crippen LogP contribution in [0, 0.1) is 11.3 Å². The van der Waals surface area contributed by atoms with Gasteiger partial charge in [0.15, 0.2) is 0 Å². The summed E-state index contributed by atoms with van der Waals surface area (Å²) in [6.45, 7) is 6.89. The van der Waals surface area contributed by atoms with E-state index < -0.39 is 17.6 Å². The maximum Gasteiger partial charge on any atom is 0.500 e. The van der Waals surface area contributed by atoms with Crippen LogP contribution in [0.15, 0.2) is 0 Å². The summed E-state index contributed by atoms with van der Waals surface area (Å²) in [7, 11) is 5.11. The van der Waals surface area contributed by atoms with Crippen molar-refractivity contribution in [2.75, 3.05) is 42.7 Å². The molecular weight excluding hydrogens is 368 g/mol. The van der Waals surface area contributed by atoms with Gasteiger partial charge in [-0.3, -0.25) is 0 Å². The van der Waals surface area contributed by atoms with Gasteiger partial charge in [0.25, 0.3) is 0 Å². The first-order chi connectivity index (χ1) is 12.1. The highest BCUT2D eigenvalue weighted by atomic mass is 28.4. The Bertz CT molecular complexity index is 338. The Labute approximate surface area is 163 Å². The maximum atomic E-state index is 5.58. The summed E-state index contributed by atoms with van der Waals surface area (Å²) in [5, 5.41) is 0. The van der Waals surface area contributed by atoms with Gasteiger partial charge in [0.1, 0.15) is 0 Å². The Morgan fingerprint density at radius 2 is 1.04 bits per heavy atom. The molecule has 0 aliphatic rings. The summed E-state index contributed by atoms with van der Waals surface area (Å²) in [6.07, 6.45) is 5.58. The fraction of sp³-hybridized carbons (Fsp3) is 1.00. The molecule has 0 fully saturated rings. The maximum absolute atomic E-state index is 5.58. The van der Waals surface area contributed by atoms with Crippen LogP contribution in [0.2, 0.25) is 12.1 Å². The highest BCUT2D eigenvalue weighted by Crippen LogP contribution is 2.33. The molecule has 0 saturated carbocycles. The summed E-state index contributed by atoms with van der Waals surface area (Å²) < 4.78 is 33.3. The van der Waals surface area contributed by atoms with Crippen molar-refractivity contribution >= 4 is 17.6 Å². The molecule has 0 aromatic carbocycles. The van der Waals surface area contributed by atoms with Gasteiger partial charge in [-0.05, 0) is 30.6 Å². The van der Waals surface area contributed by atoms with Gasteiger partial charge < -0.3 is 26.6 Å². The van der Waals surface area contributed by atoms with Crippen molar-refractivity contribution in [3.8, 4) is 0 Å². The van der Waals surface area contributed by atoms with Gasteiger partial charge in [-0.1, -0.05) is 33.6 Å². The molecule has 1 unspecified atom stereocenters. The Morgan fingerprint density at radius 3 is 1.42 bits per heavy atom. The highest BCUT2D eigenvalue weighted by Gasteiger charge is 2.39. The first-order valence-electron chi connectivity index (χ1n) is 9.46. The Hall–Kier alpha value is 0.194. The Kier molecular flexibility index (Phi) is 12.7. The summed E-state index contributed by atoms with van der Waals surface area (Å²) in [5.74, 6) is 0.617. The SMILES string of the molecule is CO[Si](CCCCC(CC[Si](OC)(OC)OC)CC(C)(C)C)(OC)OC. The molecule has 0 bridgehead atoms. The van der Waals surface area contributed by atoms with Gasteiger partial charge in [0.05, 0.1) is 0 Å². The second-order valence-electron chi connectivity index (χ2n) is 8.01. The third kappa shape index (κ3) is 9.41. The van der Waals surface area contributed by atoms with E-state index in [0.717, 1.165) is 31.4 Å². The lowest BCUT2D eigenvalue weighted by molar-refractivity contribution is 0.119. The number of hydrogen-bond acceptors (Lipinski definition) is 6. The molecule has 0 aromatic heterocycles. The zero-order valence-corrected chi connectivity index (χ0v) is 20.5. The molecule has 0 aliphatic heterocycles. The van der Waals surface area contributed by atoms with Crippen molar-refractivity contribution in [2.24, 2.45) is 11.3 Å². The number of rotatable bonds is 15. The van der Waals surface area contributed by atoms with Crippen LogP contribution in [-0.2, 0) is 26.6 Å². The van der Waals surface area contributed by atoms with Gasteiger partial charge in [-0.2, -0.15) is 0 Å². The third-order valence-corrected chi connectivity index (χ3v) is 10.6. The van der Waals surface area contributed by atoms with Crippen molar-refractivity contribution in [3.05, 3.63) is 0 Å². The lowest BCUT2D eigenvalue weighted by atomic mass is 9.81. The van der Waals surface area contributed by atoms with Crippen molar-refractivity contribution in [3.63, 3.8) is 0 Å². The molecule has 0 N–H and O–H groups in total. The van der Waals surface area contributed by atoms with E-state index in [-0.39, 0.29) is 0 Å². The van der Waals surface area contributed by atoms with Gasteiger partial charge in [-0.15, -0.1) is 0 Å². The molecule has 8 heteroatoms. The van der Waals surface area contributed by atoms with E-state index >= 15 is 0 Å². The minimum absolute atomic E-state index is 0.298. The molecule has 0 spiro atoms. The monoisotopic (exact) mass is 410 g/mol. The average Bonchev–Trinajstić information content (AvgIpc) is 2.62. The molecule has 0 rings (SSSR count). The quantitative estimate of drug-likeness (QED) is 0.295. The third-order valence-electron chi connectivity index (χ3n) is 4.97. The predicted octanol–water partition coefficient (Wildman–Crippen LogP) is 4.36. The second kappa shape index (κ2) is 12.6. The fourth-order valence-electron chi connectivity index (χ4n) is 3.48. The molecule has 6 nitrogen and oxygen atoms in total. The van der Waals surface area contributed by atoms with Crippen LogP contribution in [-0.4, -0.2) is 60.3 Å². The van der Waals surface area contributed by atoms with Crippen LogP contribution in [0.25, 0.3) is 0 Å². The van der Waals surface area contributed by atoms with Crippen molar-refractivity contribution < 1.29 is 26.6 Å². The van der Waals surface area contributed by atoms with Crippen molar-refractivity contribution in [2.45, 2.75) is 65.0 Å². The van der Waals surface area contributed by atoms with Crippen molar-refractivity contribution in [1.82, 2.24) is 0 Å². The summed E-state index contributed by atoms with van der Waals surface area (Å²) in [4.78, 5) is 0. The van der Waals surface area contributed by atoms with Crippen LogP contribution in [0.1, 0.15) is 52.9 Å². The summed E-state index contributed by atoms with van der Waals surface area (Å²) in [6, 6.07) is 1.70. The van der Waals surface area contributed by atoms with E-state index in [0.29, 0.717) is 11.3 Å². The van der Waals surface area contributed by atoms with Gasteiger partial charge in [0, 0.05) is 54.7 Å². The molecule has 158 valence electrons. The molecule has 0 amide bonds. The van der Waals surface area contributed by atoms with Crippen LogP contribution in [0.5, 0.6) is 0 Å². The molecule has 0 heterocycles. The first-order valence-corrected chi connectivity index (χ1v) is 13.3. The lowest BCUT2D eigenvalue weighted by Gasteiger charge is -2.30. The molecular formula is C18H42O6Si2. The second-order valence-corrected chi connectivity index (χ2v) is 14.2. The fourth-order valence-corrected chi connectivity index (χ4v) is 7.15. The largest absolute Gasteiger partial charge is 0.500 e. The number of unbranched alkanes of at least 4 members (excludes halogenated alkanes) is 1. The minimum Gasteiger partial charge on any atom is -0.377 e. The standard InChI is InChI=1S/C18H42O6Si2/c1-18(2,3)16-17(13-15-26(22-7,23-8)24-9)12-10-11-14-25(19-4,20-5)21-6/h17H,10-16H2,1-9H3. The van der Waals surface area contributed by atoms with Crippen LogP contribution >= 0.6 is 0 Å². The Morgan fingerprint density at radius 1 is 0.615 bits per heavy atom. The highest BCUT2D eigenvalue weighted by molar-refractivity contribution is 6.60. The molecule has 26 heavy (non-hydrogen) atoms. The van der Waals surface area contributed by atoms with E-state index in [1.165, 1.54) is 12.8 Å².